The number of hydrogen-bond acceptors (Lipinski definition) is 5. The molecule has 0 radical (unpaired) electrons. The lowest BCUT2D eigenvalue weighted by molar-refractivity contribution is 0.0949. The normalized spacial score (nSPS) is 10.5. The molecule has 1 amide bonds. The summed E-state index contributed by atoms with van der Waals surface area (Å²) in [5.41, 5.74) is 7.17. The second kappa shape index (κ2) is 8.51. The molecule has 0 aliphatic carbocycles. The molecule has 0 fully saturated rings. The Bertz CT molecular complexity index is 585. The lowest BCUT2D eigenvalue weighted by atomic mass is 10.2. The van der Waals surface area contributed by atoms with Crippen LogP contribution < -0.4 is 16.0 Å². The first-order valence-electron chi connectivity index (χ1n) is 7.47. The molecular formula is C16H22N4OS. The molecule has 0 saturated heterocycles. The Hall–Kier alpha value is -1.92. The van der Waals surface area contributed by atoms with Crippen LogP contribution in [0.25, 0.3) is 0 Å². The zero-order valence-corrected chi connectivity index (χ0v) is 13.6. The smallest absolute Gasteiger partial charge is 0.270 e. The van der Waals surface area contributed by atoms with Gasteiger partial charge in [0, 0.05) is 37.2 Å². The number of amides is 1. The fraction of sp³-hybridized carbons (Fsp3) is 0.375. The number of aromatic nitrogens is 1. The van der Waals surface area contributed by atoms with Crippen molar-refractivity contribution in [1.29, 1.82) is 0 Å². The number of carbonyl (C=O) groups is 1. The summed E-state index contributed by atoms with van der Waals surface area (Å²) in [6.45, 7) is 5.00. The van der Waals surface area contributed by atoms with E-state index in [1.807, 2.05) is 18.2 Å². The van der Waals surface area contributed by atoms with Crippen LogP contribution in [0.1, 0.15) is 28.8 Å². The molecule has 0 unspecified atom stereocenters. The van der Waals surface area contributed by atoms with E-state index in [2.05, 4.69) is 34.3 Å². The van der Waals surface area contributed by atoms with Crippen LogP contribution in [-0.4, -0.2) is 30.5 Å². The first-order valence-corrected chi connectivity index (χ1v) is 8.35. The van der Waals surface area contributed by atoms with Crippen LogP contribution in [0.3, 0.4) is 0 Å². The van der Waals surface area contributed by atoms with Crippen LogP contribution in [0, 0.1) is 0 Å². The van der Waals surface area contributed by atoms with Gasteiger partial charge in [0.15, 0.2) is 0 Å². The van der Waals surface area contributed by atoms with Gasteiger partial charge in [0.2, 0.25) is 0 Å². The topological polar surface area (TPSA) is 71.2 Å². The molecule has 0 aliphatic rings. The monoisotopic (exact) mass is 318 g/mol. The number of nitrogens with one attached hydrogen (secondary N) is 1. The van der Waals surface area contributed by atoms with Gasteiger partial charge in [-0.1, -0.05) is 18.2 Å². The van der Waals surface area contributed by atoms with Crippen molar-refractivity contribution >= 4 is 22.9 Å². The molecule has 6 heteroatoms. The minimum atomic E-state index is -0.126. The summed E-state index contributed by atoms with van der Waals surface area (Å²) in [5.74, 6) is -0.126. The Morgan fingerprint density at radius 2 is 2.14 bits per heavy atom. The summed E-state index contributed by atoms with van der Waals surface area (Å²) in [5, 5.41) is 5.44. The average Bonchev–Trinajstić information content (AvgIpc) is 3.05. The number of rotatable bonds is 8. The number of benzene rings is 1. The van der Waals surface area contributed by atoms with Gasteiger partial charge in [-0.15, -0.1) is 11.3 Å². The van der Waals surface area contributed by atoms with E-state index < -0.39 is 0 Å². The first-order chi connectivity index (χ1) is 10.7. The van der Waals surface area contributed by atoms with Gasteiger partial charge in [0.25, 0.3) is 5.91 Å². The van der Waals surface area contributed by atoms with E-state index in [1.165, 1.54) is 17.0 Å². The van der Waals surface area contributed by atoms with Crippen LogP contribution >= 0.6 is 11.3 Å². The van der Waals surface area contributed by atoms with Gasteiger partial charge in [-0.3, -0.25) is 4.79 Å². The molecule has 2 aromatic rings. The second-order valence-corrected chi connectivity index (χ2v) is 5.80. The molecular weight excluding hydrogens is 296 g/mol. The van der Waals surface area contributed by atoms with Crippen molar-refractivity contribution in [3.05, 3.63) is 46.4 Å². The van der Waals surface area contributed by atoms with Gasteiger partial charge in [0.1, 0.15) is 10.7 Å². The van der Waals surface area contributed by atoms with Gasteiger partial charge < -0.3 is 16.0 Å². The maximum atomic E-state index is 11.9. The summed E-state index contributed by atoms with van der Waals surface area (Å²) in [7, 11) is 0. The highest BCUT2D eigenvalue weighted by molar-refractivity contribution is 7.09. The predicted octanol–water partition coefficient (Wildman–Crippen LogP) is 2.25. The summed E-state index contributed by atoms with van der Waals surface area (Å²) >= 11 is 1.42. The third-order valence-corrected chi connectivity index (χ3v) is 4.22. The first kappa shape index (κ1) is 16.5. The van der Waals surface area contributed by atoms with Crippen LogP contribution in [0.15, 0.2) is 35.7 Å². The maximum Gasteiger partial charge on any atom is 0.270 e. The molecule has 0 atom stereocenters. The van der Waals surface area contributed by atoms with Crippen molar-refractivity contribution in [2.75, 3.05) is 24.5 Å². The van der Waals surface area contributed by atoms with Gasteiger partial charge in [-0.25, -0.2) is 4.98 Å². The van der Waals surface area contributed by atoms with Gasteiger partial charge >= 0.3 is 0 Å². The highest BCUT2D eigenvalue weighted by Gasteiger charge is 2.09. The molecule has 5 nitrogen and oxygen atoms in total. The lowest BCUT2D eigenvalue weighted by Gasteiger charge is -2.23. The predicted molar refractivity (Wildman–Crippen MR) is 91.3 cm³/mol. The van der Waals surface area contributed by atoms with E-state index in [-0.39, 0.29) is 5.91 Å². The Balaban J connectivity index is 1.75. The summed E-state index contributed by atoms with van der Waals surface area (Å²) in [4.78, 5) is 18.4. The summed E-state index contributed by atoms with van der Waals surface area (Å²) < 4.78 is 0. The molecule has 0 aliphatic heterocycles. The second-order valence-electron chi connectivity index (χ2n) is 4.86. The van der Waals surface area contributed by atoms with E-state index in [4.69, 9.17) is 5.73 Å². The molecule has 1 heterocycles. The Kier molecular flexibility index (Phi) is 6.36. The Labute approximate surface area is 135 Å². The molecule has 2 rings (SSSR count). The summed E-state index contributed by atoms with van der Waals surface area (Å²) in [6.07, 6.45) is 0.891. The third kappa shape index (κ3) is 4.54. The molecule has 118 valence electrons. The van der Waals surface area contributed by atoms with Gasteiger partial charge in [-0.05, 0) is 25.5 Å². The van der Waals surface area contributed by atoms with Crippen molar-refractivity contribution in [3.8, 4) is 0 Å². The molecule has 0 bridgehead atoms. The van der Waals surface area contributed by atoms with Crippen molar-refractivity contribution in [1.82, 2.24) is 10.3 Å². The number of hydrogen-bond donors (Lipinski definition) is 2. The molecule has 3 N–H and O–H groups in total. The number of carbonyl (C=O) groups excluding carboxylic acids is 1. The van der Waals surface area contributed by atoms with Crippen LogP contribution in [-0.2, 0) is 6.54 Å². The van der Waals surface area contributed by atoms with E-state index in [9.17, 15) is 4.79 Å². The lowest BCUT2D eigenvalue weighted by Crippen LogP contribution is -2.30. The molecule has 1 aromatic carbocycles. The maximum absolute atomic E-state index is 11.9. The SMILES string of the molecule is CCN(CCCNC(=O)c1csc(CN)n1)c1ccccc1. The number of thiazole rings is 1. The van der Waals surface area contributed by atoms with Crippen molar-refractivity contribution in [2.24, 2.45) is 5.73 Å². The van der Waals surface area contributed by atoms with Crippen molar-refractivity contribution in [3.63, 3.8) is 0 Å². The highest BCUT2D eigenvalue weighted by atomic mass is 32.1. The Morgan fingerprint density at radius 1 is 1.36 bits per heavy atom. The standard InChI is InChI=1S/C16H22N4OS/c1-2-20(13-7-4-3-5-8-13)10-6-9-18-16(21)14-12-22-15(11-17)19-14/h3-5,7-8,12H,2,6,9-11,17H2,1H3,(H,18,21). The average molecular weight is 318 g/mol. The number of nitrogens with zero attached hydrogens (tertiary/aromatic N) is 2. The fourth-order valence-electron chi connectivity index (χ4n) is 2.18. The third-order valence-electron chi connectivity index (χ3n) is 3.35. The largest absolute Gasteiger partial charge is 0.372 e. The van der Waals surface area contributed by atoms with Crippen LogP contribution in [0.4, 0.5) is 5.69 Å². The minimum absolute atomic E-state index is 0.126. The van der Waals surface area contributed by atoms with E-state index >= 15 is 0 Å². The molecule has 1 aromatic heterocycles. The van der Waals surface area contributed by atoms with Crippen molar-refractivity contribution < 1.29 is 4.79 Å². The molecule has 0 spiro atoms. The fourth-order valence-corrected chi connectivity index (χ4v) is 2.83. The molecule has 22 heavy (non-hydrogen) atoms. The van der Waals surface area contributed by atoms with Crippen molar-refractivity contribution in [2.45, 2.75) is 19.9 Å². The summed E-state index contributed by atoms with van der Waals surface area (Å²) in [6, 6.07) is 10.3. The van der Waals surface area contributed by atoms with E-state index in [0.29, 0.717) is 18.8 Å². The Morgan fingerprint density at radius 3 is 2.77 bits per heavy atom. The number of anilines is 1. The zero-order chi connectivity index (χ0) is 15.8. The van der Waals surface area contributed by atoms with Gasteiger partial charge in [-0.2, -0.15) is 0 Å². The van der Waals surface area contributed by atoms with E-state index in [1.54, 1.807) is 5.38 Å². The number of para-hydroxylation sites is 1. The van der Waals surface area contributed by atoms with Crippen LogP contribution in [0.5, 0.6) is 0 Å². The zero-order valence-electron chi connectivity index (χ0n) is 12.8. The van der Waals surface area contributed by atoms with Gasteiger partial charge in [0.05, 0.1) is 0 Å². The van der Waals surface area contributed by atoms with Crippen LogP contribution in [0.2, 0.25) is 0 Å². The quantitative estimate of drug-likeness (QED) is 0.732. The number of nitrogens with two attached hydrogens (primary N) is 1. The minimum Gasteiger partial charge on any atom is -0.372 e. The van der Waals surface area contributed by atoms with E-state index in [0.717, 1.165) is 24.5 Å². The molecule has 0 saturated carbocycles. The highest BCUT2D eigenvalue weighted by Crippen LogP contribution is 2.13.